The first-order valence-corrected chi connectivity index (χ1v) is 9.18. The van der Waals surface area contributed by atoms with E-state index < -0.39 is 11.7 Å². The Hall–Kier alpha value is -3.45. The average Bonchev–Trinajstić information content (AvgIpc) is 3.33. The summed E-state index contributed by atoms with van der Waals surface area (Å²) in [6, 6.07) is 12.9. The van der Waals surface area contributed by atoms with E-state index in [1.165, 1.54) is 18.2 Å². The van der Waals surface area contributed by atoms with Crippen LogP contribution in [-0.4, -0.2) is 20.7 Å². The van der Waals surface area contributed by atoms with Crippen LogP contribution in [0.3, 0.4) is 0 Å². The summed E-state index contributed by atoms with van der Waals surface area (Å²) in [6.07, 6.45) is 3.56. The van der Waals surface area contributed by atoms with Crippen molar-refractivity contribution in [1.82, 2.24) is 14.8 Å². The van der Waals surface area contributed by atoms with E-state index >= 15 is 0 Å². The maximum absolute atomic E-state index is 13.9. The normalized spacial score (nSPS) is 10.9. The third kappa shape index (κ3) is 4.05. The van der Waals surface area contributed by atoms with Crippen molar-refractivity contribution in [3.05, 3.63) is 88.8 Å². The number of nitrogens with one attached hydrogen (secondary N) is 1. The number of oxazole rings is 1. The van der Waals surface area contributed by atoms with Crippen LogP contribution in [0.15, 0.2) is 65.3 Å². The van der Waals surface area contributed by atoms with Gasteiger partial charge in [0.05, 0.1) is 17.1 Å². The molecule has 4 aromatic rings. The fourth-order valence-corrected chi connectivity index (χ4v) is 3.10. The predicted octanol–water partition coefficient (Wildman–Crippen LogP) is 4.94. The van der Waals surface area contributed by atoms with E-state index in [-0.39, 0.29) is 10.6 Å². The van der Waals surface area contributed by atoms with E-state index in [1.54, 1.807) is 35.1 Å². The average molecular weight is 411 g/mol. The summed E-state index contributed by atoms with van der Waals surface area (Å²) in [5.41, 5.74) is 1.85. The molecule has 1 amide bonds. The number of hydrogen-bond donors (Lipinski definition) is 1. The minimum atomic E-state index is -0.674. The Morgan fingerprint density at radius 2 is 2.00 bits per heavy atom. The Morgan fingerprint density at radius 1 is 1.21 bits per heavy atom. The van der Waals surface area contributed by atoms with Crippen molar-refractivity contribution in [2.75, 3.05) is 5.32 Å². The van der Waals surface area contributed by atoms with Gasteiger partial charge >= 0.3 is 0 Å². The van der Waals surface area contributed by atoms with Gasteiger partial charge in [-0.2, -0.15) is 5.10 Å². The SMILES string of the molecule is Cc1oc(-c2ccc(NC(=O)c3c(F)cccc3Cl)cc2)nc1Cn1cccn1. The molecule has 8 heteroatoms. The maximum atomic E-state index is 13.9. The van der Waals surface area contributed by atoms with Gasteiger partial charge in [-0.25, -0.2) is 9.37 Å². The summed E-state index contributed by atoms with van der Waals surface area (Å²) < 4.78 is 21.4. The van der Waals surface area contributed by atoms with Gasteiger partial charge in [0.1, 0.15) is 17.3 Å². The number of carbonyl (C=O) groups is 1. The number of nitrogens with zero attached hydrogens (tertiary/aromatic N) is 3. The van der Waals surface area contributed by atoms with Crippen LogP contribution >= 0.6 is 11.6 Å². The van der Waals surface area contributed by atoms with Crippen molar-refractivity contribution in [3.8, 4) is 11.5 Å². The molecule has 0 spiro atoms. The number of aryl methyl sites for hydroxylation is 1. The Labute approximate surface area is 170 Å². The first kappa shape index (κ1) is 18.9. The summed E-state index contributed by atoms with van der Waals surface area (Å²) in [7, 11) is 0. The molecule has 0 saturated heterocycles. The van der Waals surface area contributed by atoms with Gasteiger partial charge in [-0.05, 0) is 49.4 Å². The molecule has 2 aromatic heterocycles. The molecule has 0 saturated carbocycles. The lowest BCUT2D eigenvalue weighted by atomic mass is 10.1. The van der Waals surface area contributed by atoms with Crippen molar-refractivity contribution in [1.29, 1.82) is 0 Å². The summed E-state index contributed by atoms with van der Waals surface area (Å²) in [4.78, 5) is 16.9. The number of carbonyl (C=O) groups excluding carboxylic acids is 1. The van der Waals surface area contributed by atoms with Gasteiger partial charge in [0.15, 0.2) is 0 Å². The molecule has 1 N–H and O–H groups in total. The number of aromatic nitrogens is 3. The van der Waals surface area contributed by atoms with Crippen LogP contribution in [-0.2, 0) is 6.54 Å². The Bertz CT molecular complexity index is 1130. The van der Waals surface area contributed by atoms with E-state index in [1.807, 2.05) is 19.2 Å². The second kappa shape index (κ2) is 7.89. The molecule has 0 bridgehead atoms. The quantitative estimate of drug-likeness (QED) is 0.505. The van der Waals surface area contributed by atoms with E-state index in [0.717, 1.165) is 11.3 Å². The Kier molecular flexibility index (Phi) is 5.14. The maximum Gasteiger partial charge on any atom is 0.260 e. The molecule has 0 aliphatic carbocycles. The molecule has 146 valence electrons. The highest BCUT2D eigenvalue weighted by atomic mass is 35.5. The van der Waals surface area contributed by atoms with Gasteiger partial charge in [0.25, 0.3) is 5.91 Å². The number of hydrogen-bond acceptors (Lipinski definition) is 4. The molecule has 2 aromatic carbocycles. The fraction of sp³-hybridized carbons (Fsp3) is 0.0952. The van der Waals surface area contributed by atoms with Crippen molar-refractivity contribution in [2.24, 2.45) is 0 Å². The van der Waals surface area contributed by atoms with E-state index in [0.29, 0.717) is 23.9 Å². The van der Waals surface area contributed by atoms with Crippen molar-refractivity contribution in [2.45, 2.75) is 13.5 Å². The van der Waals surface area contributed by atoms with E-state index in [9.17, 15) is 9.18 Å². The van der Waals surface area contributed by atoms with Crippen molar-refractivity contribution >= 4 is 23.2 Å². The minimum absolute atomic E-state index is 0.0547. The lowest BCUT2D eigenvalue weighted by Crippen LogP contribution is -2.14. The summed E-state index contributed by atoms with van der Waals surface area (Å²) >= 11 is 5.94. The first-order valence-electron chi connectivity index (χ1n) is 8.81. The van der Waals surface area contributed by atoms with Gasteiger partial charge in [-0.1, -0.05) is 17.7 Å². The highest BCUT2D eigenvalue weighted by Crippen LogP contribution is 2.25. The number of anilines is 1. The number of amides is 1. The molecule has 2 heterocycles. The molecular weight excluding hydrogens is 395 g/mol. The second-order valence-corrected chi connectivity index (χ2v) is 6.76. The van der Waals surface area contributed by atoms with Crippen molar-refractivity contribution < 1.29 is 13.6 Å². The number of halogens is 2. The molecule has 0 unspecified atom stereocenters. The molecule has 0 atom stereocenters. The second-order valence-electron chi connectivity index (χ2n) is 6.35. The topological polar surface area (TPSA) is 73.0 Å². The number of rotatable bonds is 5. The zero-order chi connectivity index (χ0) is 20.4. The van der Waals surface area contributed by atoms with Crippen LogP contribution in [0, 0.1) is 12.7 Å². The van der Waals surface area contributed by atoms with Crippen LogP contribution in [0.4, 0.5) is 10.1 Å². The molecule has 29 heavy (non-hydrogen) atoms. The van der Waals surface area contributed by atoms with Crippen LogP contribution in [0.5, 0.6) is 0 Å². The molecule has 0 fully saturated rings. The molecule has 0 aliphatic heterocycles. The summed E-state index contributed by atoms with van der Waals surface area (Å²) in [5, 5.41) is 6.86. The minimum Gasteiger partial charge on any atom is -0.441 e. The number of benzene rings is 2. The van der Waals surface area contributed by atoms with E-state index in [4.69, 9.17) is 16.0 Å². The van der Waals surface area contributed by atoms with Crippen LogP contribution < -0.4 is 5.32 Å². The van der Waals surface area contributed by atoms with Crippen molar-refractivity contribution in [3.63, 3.8) is 0 Å². The van der Waals surface area contributed by atoms with Gasteiger partial charge in [-0.15, -0.1) is 0 Å². The lowest BCUT2D eigenvalue weighted by molar-refractivity contribution is 0.102. The monoisotopic (exact) mass is 410 g/mol. The fourth-order valence-electron chi connectivity index (χ4n) is 2.85. The smallest absolute Gasteiger partial charge is 0.260 e. The van der Waals surface area contributed by atoms with E-state index in [2.05, 4.69) is 15.4 Å². The largest absolute Gasteiger partial charge is 0.441 e. The Morgan fingerprint density at radius 3 is 2.69 bits per heavy atom. The molecule has 0 radical (unpaired) electrons. The zero-order valence-electron chi connectivity index (χ0n) is 15.4. The Balaban J connectivity index is 1.50. The van der Waals surface area contributed by atoms with Gasteiger partial charge in [0, 0.05) is 23.6 Å². The molecule has 6 nitrogen and oxygen atoms in total. The third-order valence-corrected chi connectivity index (χ3v) is 4.66. The lowest BCUT2D eigenvalue weighted by Gasteiger charge is -2.08. The molecule has 4 rings (SSSR count). The van der Waals surface area contributed by atoms with Crippen LogP contribution in [0.1, 0.15) is 21.8 Å². The highest BCUT2D eigenvalue weighted by Gasteiger charge is 2.16. The standard InChI is InChI=1S/C21H16ClFN4O2/c1-13-18(12-27-11-3-10-24-27)26-21(29-13)14-6-8-15(9-7-14)25-20(28)19-16(22)4-2-5-17(19)23/h2-11H,12H2,1H3,(H,25,28). The summed E-state index contributed by atoms with van der Waals surface area (Å²) in [5.74, 6) is -0.109. The van der Waals surface area contributed by atoms with Gasteiger partial charge < -0.3 is 9.73 Å². The zero-order valence-corrected chi connectivity index (χ0v) is 16.2. The molecular formula is C21H16ClFN4O2. The van der Waals surface area contributed by atoms with Crippen LogP contribution in [0.2, 0.25) is 5.02 Å². The van der Waals surface area contributed by atoms with Gasteiger partial charge in [-0.3, -0.25) is 9.48 Å². The predicted molar refractivity (Wildman–Crippen MR) is 107 cm³/mol. The summed E-state index contributed by atoms with van der Waals surface area (Å²) in [6.45, 7) is 2.36. The first-order chi connectivity index (χ1) is 14.0. The highest BCUT2D eigenvalue weighted by molar-refractivity contribution is 6.34. The van der Waals surface area contributed by atoms with Gasteiger partial charge in [0.2, 0.25) is 5.89 Å². The third-order valence-electron chi connectivity index (χ3n) is 4.34. The molecule has 0 aliphatic rings. The van der Waals surface area contributed by atoms with Crippen LogP contribution in [0.25, 0.3) is 11.5 Å².